The Kier molecular flexibility index (Phi) is 6.57. The van der Waals surface area contributed by atoms with Gasteiger partial charge in [0.15, 0.2) is 6.10 Å². The van der Waals surface area contributed by atoms with E-state index in [4.69, 9.17) is 9.47 Å². The van der Waals surface area contributed by atoms with Crippen LogP contribution in [0.4, 0.5) is 5.69 Å². The van der Waals surface area contributed by atoms with Crippen LogP contribution < -0.4 is 15.5 Å². The van der Waals surface area contributed by atoms with Crippen molar-refractivity contribution in [2.24, 2.45) is 5.10 Å². The van der Waals surface area contributed by atoms with Gasteiger partial charge in [-0.1, -0.05) is 30.3 Å². The second-order valence-corrected chi connectivity index (χ2v) is 6.43. The lowest BCUT2D eigenvalue weighted by Crippen LogP contribution is -2.35. The summed E-state index contributed by atoms with van der Waals surface area (Å²) in [4.78, 5) is 35.3. The number of rotatable bonds is 7. The number of nitrogens with zero attached hydrogens (tertiary/aromatic N) is 1. The van der Waals surface area contributed by atoms with Crippen LogP contribution in [0.25, 0.3) is 0 Å². The van der Waals surface area contributed by atoms with E-state index in [1.807, 2.05) is 30.3 Å². The van der Waals surface area contributed by atoms with Crippen molar-refractivity contribution in [3.8, 4) is 5.75 Å². The highest BCUT2D eigenvalue weighted by Crippen LogP contribution is 2.17. The number of hydrogen-bond acceptors (Lipinski definition) is 6. The first kappa shape index (κ1) is 20.1. The van der Waals surface area contributed by atoms with E-state index in [-0.39, 0.29) is 24.5 Å². The average Bonchev–Trinajstić information content (AvgIpc) is 2.74. The molecule has 0 bridgehead atoms. The lowest BCUT2D eigenvalue weighted by Gasteiger charge is -2.16. The quantitative estimate of drug-likeness (QED) is 0.700. The molecule has 0 radical (unpaired) electrons. The fourth-order valence-electron chi connectivity index (χ4n) is 2.52. The number of carbonyl (C=O) groups excluding carboxylic acids is 3. The largest absolute Gasteiger partial charge is 0.489 e. The number of hydrazone groups is 1. The summed E-state index contributed by atoms with van der Waals surface area (Å²) in [5.74, 6) is -0.790. The van der Waals surface area contributed by atoms with Crippen molar-refractivity contribution in [3.63, 3.8) is 0 Å². The van der Waals surface area contributed by atoms with Gasteiger partial charge in [-0.05, 0) is 36.8 Å². The Balaban J connectivity index is 1.48. The van der Waals surface area contributed by atoms with E-state index in [1.54, 1.807) is 24.3 Å². The third kappa shape index (κ3) is 5.90. The lowest BCUT2D eigenvalue weighted by atomic mass is 10.2. The van der Waals surface area contributed by atoms with Crippen molar-refractivity contribution in [3.05, 3.63) is 60.2 Å². The van der Waals surface area contributed by atoms with Gasteiger partial charge in [0.25, 0.3) is 5.91 Å². The third-order valence-corrected chi connectivity index (χ3v) is 4.16. The number of amides is 2. The first-order chi connectivity index (χ1) is 14.0. The molecule has 0 fully saturated rings. The maximum Gasteiger partial charge on any atom is 0.355 e. The maximum absolute atomic E-state index is 12.2. The van der Waals surface area contributed by atoms with Crippen molar-refractivity contribution in [2.75, 3.05) is 5.32 Å². The van der Waals surface area contributed by atoms with Crippen LogP contribution in [0.15, 0.2) is 59.7 Å². The number of esters is 1. The summed E-state index contributed by atoms with van der Waals surface area (Å²) in [5.41, 5.74) is 3.91. The second kappa shape index (κ2) is 9.50. The van der Waals surface area contributed by atoms with E-state index in [9.17, 15) is 14.4 Å². The average molecular weight is 395 g/mol. The summed E-state index contributed by atoms with van der Waals surface area (Å²) in [6, 6.07) is 16.7. The Morgan fingerprint density at radius 3 is 2.48 bits per heavy atom. The van der Waals surface area contributed by atoms with Crippen LogP contribution in [0.1, 0.15) is 25.3 Å². The number of benzene rings is 2. The molecule has 1 heterocycles. The molecule has 2 aromatic rings. The van der Waals surface area contributed by atoms with E-state index in [2.05, 4.69) is 15.8 Å². The van der Waals surface area contributed by atoms with Gasteiger partial charge >= 0.3 is 5.97 Å². The van der Waals surface area contributed by atoms with Gasteiger partial charge in [0.05, 0.1) is 0 Å². The van der Waals surface area contributed by atoms with Crippen LogP contribution in [0.2, 0.25) is 0 Å². The fourth-order valence-corrected chi connectivity index (χ4v) is 2.52. The molecule has 0 aliphatic carbocycles. The lowest BCUT2D eigenvalue weighted by molar-refractivity contribution is -0.146. The van der Waals surface area contributed by atoms with E-state index >= 15 is 0 Å². The molecule has 0 saturated carbocycles. The molecule has 29 heavy (non-hydrogen) atoms. The normalized spacial score (nSPS) is 14.2. The van der Waals surface area contributed by atoms with Gasteiger partial charge in [0.2, 0.25) is 5.91 Å². The molecule has 2 N–H and O–H groups in total. The molecule has 150 valence electrons. The highest BCUT2D eigenvalue weighted by Gasteiger charge is 2.24. The van der Waals surface area contributed by atoms with E-state index in [0.29, 0.717) is 18.0 Å². The van der Waals surface area contributed by atoms with Crippen LogP contribution in [0.3, 0.4) is 0 Å². The monoisotopic (exact) mass is 395 g/mol. The number of anilines is 1. The van der Waals surface area contributed by atoms with Gasteiger partial charge in [-0.2, -0.15) is 5.10 Å². The van der Waals surface area contributed by atoms with Gasteiger partial charge < -0.3 is 14.8 Å². The number of hydrogen-bond donors (Lipinski definition) is 2. The molecule has 0 unspecified atom stereocenters. The predicted molar refractivity (Wildman–Crippen MR) is 106 cm³/mol. The molecule has 3 rings (SSSR count). The smallest absolute Gasteiger partial charge is 0.355 e. The molecule has 0 aromatic heterocycles. The summed E-state index contributed by atoms with van der Waals surface area (Å²) in [6.45, 7) is 1.91. The Bertz CT molecular complexity index is 910. The zero-order valence-electron chi connectivity index (χ0n) is 15.9. The zero-order chi connectivity index (χ0) is 20.6. The van der Waals surface area contributed by atoms with Gasteiger partial charge in [-0.15, -0.1) is 0 Å². The zero-order valence-corrected chi connectivity index (χ0v) is 15.9. The second-order valence-electron chi connectivity index (χ2n) is 6.43. The van der Waals surface area contributed by atoms with Crippen LogP contribution in [-0.4, -0.2) is 29.6 Å². The van der Waals surface area contributed by atoms with E-state index in [1.165, 1.54) is 6.92 Å². The number of nitrogens with one attached hydrogen (secondary N) is 2. The predicted octanol–water partition coefficient (Wildman–Crippen LogP) is 2.40. The Labute approximate surface area is 167 Å². The molecule has 2 amide bonds. The van der Waals surface area contributed by atoms with Crippen LogP contribution in [-0.2, 0) is 25.7 Å². The molecule has 8 heteroatoms. The molecule has 2 aromatic carbocycles. The molecule has 0 saturated heterocycles. The molecule has 0 spiro atoms. The van der Waals surface area contributed by atoms with Gasteiger partial charge in [-0.3, -0.25) is 9.59 Å². The Morgan fingerprint density at radius 1 is 1.10 bits per heavy atom. The standard InChI is InChI=1S/C21H21N3O5/c1-14(29-21(27)18-11-12-19(25)24-23-18)20(26)22-16-7-9-17(10-8-16)28-13-15-5-3-2-4-6-15/h2-10,14H,11-13H2,1H3,(H,22,26)(H,24,25)/t14-/m0/s1. The van der Waals surface area contributed by atoms with Crippen LogP contribution in [0, 0.1) is 0 Å². The highest BCUT2D eigenvalue weighted by atomic mass is 16.5. The number of ether oxygens (including phenoxy) is 2. The molecule has 1 aliphatic rings. The highest BCUT2D eigenvalue weighted by molar-refractivity contribution is 6.37. The van der Waals surface area contributed by atoms with Gasteiger partial charge in [0, 0.05) is 18.5 Å². The van der Waals surface area contributed by atoms with Crippen molar-refractivity contribution in [1.82, 2.24) is 5.43 Å². The van der Waals surface area contributed by atoms with Crippen LogP contribution in [0.5, 0.6) is 5.75 Å². The summed E-state index contributed by atoms with van der Waals surface area (Å²) in [6.07, 6.45) is -0.673. The summed E-state index contributed by atoms with van der Waals surface area (Å²) >= 11 is 0. The Morgan fingerprint density at radius 2 is 1.83 bits per heavy atom. The van der Waals surface area contributed by atoms with Crippen molar-refractivity contribution in [1.29, 1.82) is 0 Å². The van der Waals surface area contributed by atoms with Gasteiger partial charge in [0.1, 0.15) is 18.1 Å². The third-order valence-electron chi connectivity index (χ3n) is 4.16. The first-order valence-electron chi connectivity index (χ1n) is 9.15. The van der Waals surface area contributed by atoms with E-state index < -0.39 is 18.0 Å². The molecular formula is C21H21N3O5. The topological polar surface area (TPSA) is 106 Å². The molecular weight excluding hydrogens is 374 g/mol. The SMILES string of the molecule is C[C@H](OC(=O)C1=NNC(=O)CC1)C(=O)Nc1ccc(OCc2ccccc2)cc1. The van der Waals surface area contributed by atoms with Crippen molar-refractivity contribution < 1.29 is 23.9 Å². The van der Waals surface area contributed by atoms with Crippen LogP contribution >= 0.6 is 0 Å². The molecule has 1 aliphatic heterocycles. The summed E-state index contributed by atoms with van der Waals surface area (Å²) in [7, 11) is 0. The fraction of sp³-hybridized carbons (Fsp3) is 0.238. The van der Waals surface area contributed by atoms with E-state index in [0.717, 1.165) is 5.56 Å². The minimum atomic E-state index is -1.02. The maximum atomic E-state index is 12.2. The summed E-state index contributed by atoms with van der Waals surface area (Å²) < 4.78 is 10.8. The Hall–Kier alpha value is -3.68. The molecule has 1 atom stereocenters. The number of carbonyl (C=O) groups is 3. The minimum Gasteiger partial charge on any atom is -0.489 e. The van der Waals surface area contributed by atoms with Crippen molar-refractivity contribution >= 4 is 29.2 Å². The minimum absolute atomic E-state index is 0.0872. The van der Waals surface area contributed by atoms with Crippen molar-refractivity contribution in [2.45, 2.75) is 32.5 Å². The first-order valence-corrected chi connectivity index (χ1v) is 9.15. The summed E-state index contributed by atoms with van der Waals surface area (Å²) in [5, 5.41) is 6.33. The van der Waals surface area contributed by atoms with Gasteiger partial charge in [-0.25, -0.2) is 10.2 Å². The molecule has 8 nitrogen and oxygen atoms in total.